The minimum absolute atomic E-state index is 0.113. The summed E-state index contributed by atoms with van der Waals surface area (Å²) in [6.45, 7) is 16.2. The number of anilines is 1. The van der Waals surface area contributed by atoms with Crippen LogP contribution in [0.15, 0.2) is 30.3 Å². The highest BCUT2D eigenvalue weighted by molar-refractivity contribution is 7.22. The molecule has 0 N–H and O–H groups in total. The van der Waals surface area contributed by atoms with Crippen molar-refractivity contribution in [2.45, 2.75) is 48.0 Å². The largest absolute Gasteiger partial charge is 0.302 e. The number of aromatic nitrogens is 1. The first-order chi connectivity index (χ1) is 14.3. The molecule has 3 aromatic rings. The van der Waals surface area contributed by atoms with Crippen LogP contribution in [0.3, 0.4) is 0 Å². The molecule has 0 unspecified atom stereocenters. The number of nitrogens with zero attached hydrogens (tertiary/aromatic N) is 3. The first kappa shape index (κ1) is 22.4. The van der Waals surface area contributed by atoms with Gasteiger partial charge in [-0.05, 0) is 69.1 Å². The molecule has 3 rings (SSSR count). The lowest BCUT2D eigenvalue weighted by Crippen LogP contribution is -2.39. The summed E-state index contributed by atoms with van der Waals surface area (Å²) in [5.41, 5.74) is 6.92. The topological polar surface area (TPSA) is 36.4 Å². The quantitative estimate of drug-likeness (QED) is 0.483. The van der Waals surface area contributed by atoms with Gasteiger partial charge in [0.05, 0.1) is 16.6 Å². The van der Waals surface area contributed by atoms with Crippen molar-refractivity contribution >= 4 is 32.6 Å². The van der Waals surface area contributed by atoms with Gasteiger partial charge < -0.3 is 4.90 Å². The maximum Gasteiger partial charge on any atom is 0.233 e. The summed E-state index contributed by atoms with van der Waals surface area (Å²) in [5.74, 6) is 0.113. The first-order valence-corrected chi connectivity index (χ1v) is 11.6. The fraction of sp³-hybridized carbons (Fsp3) is 0.440. The van der Waals surface area contributed by atoms with Crippen LogP contribution in [0.1, 0.15) is 41.7 Å². The predicted molar refractivity (Wildman–Crippen MR) is 129 cm³/mol. The van der Waals surface area contributed by atoms with Gasteiger partial charge in [0, 0.05) is 13.1 Å². The summed E-state index contributed by atoms with van der Waals surface area (Å²) < 4.78 is 1.14. The highest BCUT2D eigenvalue weighted by Gasteiger charge is 2.22. The first-order valence-electron chi connectivity index (χ1n) is 10.8. The van der Waals surface area contributed by atoms with Crippen molar-refractivity contribution in [2.75, 3.05) is 31.1 Å². The van der Waals surface area contributed by atoms with Crippen molar-refractivity contribution < 1.29 is 4.79 Å². The van der Waals surface area contributed by atoms with Crippen molar-refractivity contribution in [1.82, 2.24) is 9.88 Å². The molecule has 0 aliphatic heterocycles. The standard InChI is InChI=1S/C25H33N3OS/c1-7-27(8-2)13-14-28(23(29)16-21-11-9-17(3)15-19(21)5)25-26-24-20(6)18(4)10-12-22(24)30-25/h9-12,15H,7-8,13-14,16H2,1-6H3. The van der Waals surface area contributed by atoms with E-state index in [2.05, 4.69) is 76.8 Å². The number of aryl methyl sites for hydroxylation is 4. The van der Waals surface area contributed by atoms with E-state index in [1.54, 1.807) is 11.3 Å². The zero-order chi connectivity index (χ0) is 21.8. The van der Waals surface area contributed by atoms with Crippen LogP contribution in [0.25, 0.3) is 10.2 Å². The van der Waals surface area contributed by atoms with Crippen LogP contribution in [-0.2, 0) is 11.2 Å². The fourth-order valence-electron chi connectivity index (χ4n) is 3.74. The summed E-state index contributed by atoms with van der Waals surface area (Å²) in [6, 6.07) is 10.6. The molecule has 2 aromatic carbocycles. The Morgan fingerprint density at radius 2 is 1.70 bits per heavy atom. The number of hydrogen-bond acceptors (Lipinski definition) is 4. The summed E-state index contributed by atoms with van der Waals surface area (Å²) in [7, 11) is 0. The van der Waals surface area contributed by atoms with E-state index in [1.165, 1.54) is 22.3 Å². The lowest BCUT2D eigenvalue weighted by molar-refractivity contribution is -0.118. The average Bonchev–Trinajstić information content (AvgIpc) is 3.15. The van der Waals surface area contributed by atoms with Gasteiger partial charge in [0.15, 0.2) is 5.13 Å². The van der Waals surface area contributed by atoms with E-state index < -0.39 is 0 Å². The predicted octanol–water partition coefficient (Wildman–Crippen LogP) is 5.45. The zero-order valence-electron chi connectivity index (χ0n) is 19.1. The average molecular weight is 424 g/mol. The van der Waals surface area contributed by atoms with Crippen LogP contribution >= 0.6 is 11.3 Å². The third-order valence-corrected chi connectivity index (χ3v) is 7.02. The number of likely N-dealkylation sites (N-methyl/N-ethyl adjacent to an activating group) is 1. The van der Waals surface area contributed by atoms with Gasteiger partial charge in [-0.15, -0.1) is 0 Å². The Morgan fingerprint density at radius 1 is 0.967 bits per heavy atom. The van der Waals surface area contributed by atoms with Gasteiger partial charge in [0.25, 0.3) is 0 Å². The van der Waals surface area contributed by atoms with Crippen LogP contribution in [0.2, 0.25) is 0 Å². The van der Waals surface area contributed by atoms with Gasteiger partial charge in [-0.1, -0.05) is 55.0 Å². The normalized spacial score (nSPS) is 11.4. The number of benzene rings is 2. The molecular formula is C25H33N3OS. The third-order valence-electron chi connectivity index (χ3n) is 5.98. The van der Waals surface area contributed by atoms with E-state index in [9.17, 15) is 4.79 Å². The number of thiazole rings is 1. The lowest BCUT2D eigenvalue weighted by atomic mass is 10.0. The molecule has 0 fully saturated rings. The molecule has 0 aliphatic carbocycles. The number of carbonyl (C=O) groups is 1. The number of carbonyl (C=O) groups excluding carboxylic acids is 1. The monoisotopic (exact) mass is 423 g/mol. The Labute approximate surface area is 184 Å². The summed E-state index contributed by atoms with van der Waals surface area (Å²) >= 11 is 1.62. The molecule has 1 amide bonds. The molecule has 0 radical (unpaired) electrons. The molecule has 160 valence electrons. The van der Waals surface area contributed by atoms with Gasteiger partial charge in [-0.2, -0.15) is 0 Å². The molecule has 5 heteroatoms. The molecule has 0 saturated carbocycles. The molecule has 1 heterocycles. The molecule has 1 aromatic heterocycles. The van der Waals surface area contributed by atoms with E-state index >= 15 is 0 Å². The molecule has 0 saturated heterocycles. The van der Waals surface area contributed by atoms with Crippen molar-refractivity contribution in [3.8, 4) is 0 Å². The Morgan fingerprint density at radius 3 is 2.37 bits per heavy atom. The van der Waals surface area contributed by atoms with E-state index in [0.717, 1.165) is 40.5 Å². The number of fused-ring (bicyclic) bond motifs is 1. The van der Waals surface area contributed by atoms with Gasteiger partial charge in [0.2, 0.25) is 5.91 Å². The minimum atomic E-state index is 0.113. The van der Waals surface area contributed by atoms with Crippen LogP contribution in [-0.4, -0.2) is 42.0 Å². The Balaban J connectivity index is 1.93. The molecule has 0 aliphatic rings. The highest BCUT2D eigenvalue weighted by atomic mass is 32.1. The van der Waals surface area contributed by atoms with Crippen molar-refractivity contribution in [1.29, 1.82) is 0 Å². The van der Waals surface area contributed by atoms with Crippen LogP contribution in [0, 0.1) is 27.7 Å². The molecule has 30 heavy (non-hydrogen) atoms. The fourth-order valence-corrected chi connectivity index (χ4v) is 4.81. The van der Waals surface area contributed by atoms with Crippen LogP contribution in [0.5, 0.6) is 0 Å². The maximum atomic E-state index is 13.4. The molecule has 0 atom stereocenters. The van der Waals surface area contributed by atoms with E-state index in [4.69, 9.17) is 4.98 Å². The molecule has 4 nitrogen and oxygen atoms in total. The second kappa shape index (κ2) is 9.71. The Hall–Kier alpha value is -2.24. The van der Waals surface area contributed by atoms with Crippen molar-refractivity contribution in [3.63, 3.8) is 0 Å². The van der Waals surface area contributed by atoms with Gasteiger partial charge in [0.1, 0.15) is 0 Å². The molecule has 0 spiro atoms. The highest BCUT2D eigenvalue weighted by Crippen LogP contribution is 2.32. The van der Waals surface area contributed by atoms with E-state index in [1.807, 2.05) is 4.90 Å². The summed E-state index contributed by atoms with van der Waals surface area (Å²) in [5, 5.41) is 0.806. The van der Waals surface area contributed by atoms with Crippen molar-refractivity contribution in [3.05, 3.63) is 58.1 Å². The maximum absolute atomic E-state index is 13.4. The van der Waals surface area contributed by atoms with E-state index in [-0.39, 0.29) is 5.91 Å². The SMILES string of the molecule is CCN(CC)CCN(C(=O)Cc1ccc(C)cc1C)c1nc2c(C)c(C)ccc2s1. The summed E-state index contributed by atoms with van der Waals surface area (Å²) in [4.78, 5) is 22.6. The van der Waals surface area contributed by atoms with Gasteiger partial charge >= 0.3 is 0 Å². The third kappa shape index (κ3) is 4.90. The number of rotatable bonds is 8. The Bertz CT molecular complexity index is 1040. The summed E-state index contributed by atoms with van der Waals surface area (Å²) in [6.07, 6.45) is 0.401. The number of hydrogen-bond donors (Lipinski definition) is 0. The smallest absolute Gasteiger partial charge is 0.233 e. The van der Waals surface area contributed by atoms with Gasteiger partial charge in [-0.3, -0.25) is 9.69 Å². The number of amides is 1. The van der Waals surface area contributed by atoms with E-state index in [0.29, 0.717) is 13.0 Å². The Kier molecular flexibility index (Phi) is 7.27. The zero-order valence-corrected chi connectivity index (χ0v) is 19.9. The second-order valence-corrected chi connectivity index (χ2v) is 9.04. The minimum Gasteiger partial charge on any atom is -0.302 e. The lowest BCUT2D eigenvalue weighted by Gasteiger charge is -2.25. The molecule has 0 bridgehead atoms. The second-order valence-electron chi connectivity index (χ2n) is 8.03. The van der Waals surface area contributed by atoms with Crippen LogP contribution in [0.4, 0.5) is 5.13 Å². The van der Waals surface area contributed by atoms with Crippen molar-refractivity contribution in [2.24, 2.45) is 0 Å². The molecular weight excluding hydrogens is 390 g/mol. The van der Waals surface area contributed by atoms with Crippen LogP contribution < -0.4 is 4.90 Å². The van der Waals surface area contributed by atoms with Gasteiger partial charge in [-0.25, -0.2) is 4.98 Å².